The van der Waals surface area contributed by atoms with E-state index in [1.165, 1.54) is 0 Å². The Labute approximate surface area is 223 Å². The van der Waals surface area contributed by atoms with Crippen LogP contribution in [0.15, 0.2) is 85.1 Å². The molecule has 6 aromatic rings. The molecule has 6 rings (SSSR count). The van der Waals surface area contributed by atoms with E-state index in [1.54, 1.807) is 12.3 Å². The number of aromatic nitrogens is 3. The van der Waals surface area contributed by atoms with Crippen molar-refractivity contribution in [3.8, 4) is 23.2 Å². The van der Waals surface area contributed by atoms with E-state index in [2.05, 4.69) is 53.5 Å². The maximum absolute atomic E-state index is 10.5. The molecule has 0 spiro atoms. The fourth-order valence-electron chi connectivity index (χ4n) is 4.67. The number of phenols is 1. The van der Waals surface area contributed by atoms with E-state index in [4.69, 9.17) is 4.74 Å². The van der Waals surface area contributed by atoms with Crippen LogP contribution in [-0.2, 0) is 25.8 Å². The predicted octanol–water partition coefficient (Wildman–Crippen LogP) is 7.32. The summed E-state index contributed by atoms with van der Waals surface area (Å²) in [6.07, 6.45) is 1.79. The second kappa shape index (κ2) is 9.06. The molecule has 0 bridgehead atoms. The number of para-hydroxylation sites is 1. The summed E-state index contributed by atoms with van der Waals surface area (Å²) in [7, 11) is 0. The summed E-state index contributed by atoms with van der Waals surface area (Å²) < 4.78 is 8.24. The molecule has 0 aliphatic carbocycles. The van der Waals surface area contributed by atoms with Crippen LogP contribution in [0.3, 0.4) is 0 Å². The molecule has 0 unspecified atom stereocenters. The zero-order chi connectivity index (χ0) is 24.2. The summed E-state index contributed by atoms with van der Waals surface area (Å²) in [6.45, 7) is 6.44. The Kier molecular flexibility index (Phi) is 6.04. The Bertz CT molecular complexity index is 1720. The molecule has 0 aliphatic rings. The molecule has 0 atom stereocenters. The van der Waals surface area contributed by atoms with Gasteiger partial charge in [-0.25, -0.2) is 9.97 Å². The van der Waals surface area contributed by atoms with Gasteiger partial charge in [0.2, 0.25) is 5.88 Å². The molecule has 3 aromatic carbocycles. The molecule has 36 heavy (non-hydrogen) atoms. The molecule has 0 saturated heterocycles. The van der Waals surface area contributed by atoms with Crippen molar-refractivity contribution in [2.45, 2.75) is 26.2 Å². The molecule has 1 N–H and O–H groups in total. The van der Waals surface area contributed by atoms with Crippen molar-refractivity contribution in [3.05, 3.63) is 96.7 Å². The average molecular weight is 565 g/mol. The number of ether oxygens (including phenoxy) is 1. The van der Waals surface area contributed by atoms with Gasteiger partial charge in [0.05, 0.1) is 0 Å². The zero-order valence-electron chi connectivity index (χ0n) is 20.1. The molecule has 6 heteroatoms. The van der Waals surface area contributed by atoms with Crippen LogP contribution >= 0.6 is 0 Å². The fourth-order valence-corrected chi connectivity index (χ4v) is 4.67. The molecule has 0 aliphatic heterocycles. The van der Waals surface area contributed by atoms with E-state index < -0.39 is 0 Å². The van der Waals surface area contributed by atoms with Gasteiger partial charge in [0.15, 0.2) is 0 Å². The monoisotopic (exact) mass is 564 g/mol. The number of rotatable bonds is 3. The molecule has 3 heterocycles. The van der Waals surface area contributed by atoms with Gasteiger partial charge in [-0.2, -0.15) is 6.07 Å². The minimum Gasteiger partial charge on any atom is -0.506 e. The van der Waals surface area contributed by atoms with Gasteiger partial charge in [-0.3, -0.25) is 0 Å². The third kappa shape index (κ3) is 4.03. The molecule has 0 fully saturated rings. The number of phenolic OH excluding ortho intramolecular Hbond substituents is 1. The molecule has 3 aromatic heterocycles. The summed E-state index contributed by atoms with van der Waals surface area (Å²) in [5, 5.41) is 13.6. The van der Waals surface area contributed by atoms with Gasteiger partial charge in [0.25, 0.3) is 0 Å². The second-order valence-electron chi connectivity index (χ2n) is 9.66. The standard InChI is InChI=1S/C30H24N3O2.Pd/c1-30(2,3)23-14-15-26(34)29-22(23)13-16-28(32-29)35-19-11-12-21-20-8-4-5-9-24(20)33(25(21)18-19)27-10-6-7-17-31-27;/h4-17,34H,1-3H3;/q-1;. The van der Waals surface area contributed by atoms with Crippen LogP contribution in [0, 0.1) is 6.07 Å². The van der Waals surface area contributed by atoms with Crippen LogP contribution < -0.4 is 4.74 Å². The Morgan fingerprint density at radius 3 is 2.39 bits per heavy atom. The van der Waals surface area contributed by atoms with Crippen LogP contribution in [0.5, 0.6) is 17.4 Å². The quantitative estimate of drug-likeness (QED) is 0.181. The SMILES string of the molecule is CC(C)(C)c1ccc(O)c2nc(Oc3[c-]c4c(cc3)c3ccccc3n4-c3ccccn3)ccc12.[Pd]. The van der Waals surface area contributed by atoms with Crippen LogP contribution in [-0.4, -0.2) is 19.6 Å². The summed E-state index contributed by atoms with van der Waals surface area (Å²) in [5.74, 6) is 1.88. The number of pyridine rings is 2. The van der Waals surface area contributed by atoms with Gasteiger partial charge in [0, 0.05) is 49.3 Å². The van der Waals surface area contributed by atoms with Crippen molar-refractivity contribution in [3.63, 3.8) is 0 Å². The van der Waals surface area contributed by atoms with E-state index in [1.807, 2.05) is 60.7 Å². The molecule has 0 radical (unpaired) electrons. The van der Waals surface area contributed by atoms with Gasteiger partial charge >= 0.3 is 0 Å². The smallest absolute Gasteiger partial charge is 0.217 e. The minimum absolute atomic E-state index is 0. The van der Waals surface area contributed by atoms with Crippen molar-refractivity contribution >= 4 is 32.7 Å². The third-order valence-corrected chi connectivity index (χ3v) is 6.27. The zero-order valence-corrected chi connectivity index (χ0v) is 21.7. The number of hydrogen-bond donors (Lipinski definition) is 1. The van der Waals surface area contributed by atoms with Crippen molar-refractivity contribution < 1.29 is 30.3 Å². The molecular formula is C30H24N3O2Pd-. The Balaban J connectivity index is 0.00000267. The van der Waals surface area contributed by atoms with Gasteiger partial charge in [-0.15, -0.1) is 17.5 Å². The number of aromatic hydroxyl groups is 1. The topological polar surface area (TPSA) is 60.2 Å². The maximum atomic E-state index is 10.5. The first-order valence-corrected chi connectivity index (χ1v) is 11.6. The van der Waals surface area contributed by atoms with E-state index in [9.17, 15) is 5.11 Å². The number of nitrogens with zero attached hydrogens (tertiary/aromatic N) is 3. The largest absolute Gasteiger partial charge is 0.506 e. The molecular weight excluding hydrogens is 541 g/mol. The van der Waals surface area contributed by atoms with Gasteiger partial charge in [0.1, 0.15) is 17.1 Å². The van der Waals surface area contributed by atoms with Gasteiger partial charge in [-0.05, 0) is 46.7 Å². The van der Waals surface area contributed by atoms with Crippen LogP contribution in [0.4, 0.5) is 0 Å². The first-order valence-electron chi connectivity index (χ1n) is 11.6. The number of hydrogen-bond acceptors (Lipinski definition) is 4. The third-order valence-electron chi connectivity index (χ3n) is 6.27. The average Bonchev–Trinajstić information content (AvgIpc) is 3.18. The molecule has 5 nitrogen and oxygen atoms in total. The molecule has 182 valence electrons. The summed E-state index contributed by atoms with van der Waals surface area (Å²) >= 11 is 0. The van der Waals surface area contributed by atoms with Gasteiger partial charge in [-0.1, -0.05) is 56.6 Å². The first-order chi connectivity index (χ1) is 16.9. The Morgan fingerprint density at radius 2 is 1.61 bits per heavy atom. The minimum atomic E-state index is -0.0757. The van der Waals surface area contributed by atoms with Crippen molar-refractivity contribution in [2.24, 2.45) is 0 Å². The molecule has 0 amide bonds. The first kappa shape index (κ1) is 24.0. The van der Waals surface area contributed by atoms with Crippen molar-refractivity contribution in [2.75, 3.05) is 0 Å². The van der Waals surface area contributed by atoms with Crippen LogP contribution in [0.1, 0.15) is 26.3 Å². The van der Waals surface area contributed by atoms with Crippen molar-refractivity contribution in [1.29, 1.82) is 0 Å². The van der Waals surface area contributed by atoms with Crippen LogP contribution in [0.25, 0.3) is 38.5 Å². The number of fused-ring (bicyclic) bond motifs is 4. The normalized spacial score (nSPS) is 11.6. The van der Waals surface area contributed by atoms with E-state index in [0.29, 0.717) is 17.1 Å². The van der Waals surface area contributed by atoms with Crippen LogP contribution in [0.2, 0.25) is 0 Å². The van der Waals surface area contributed by atoms with Crippen molar-refractivity contribution in [1.82, 2.24) is 14.5 Å². The number of benzene rings is 3. The molecule has 0 saturated carbocycles. The summed E-state index contributed by atoms with van der Waals surface area (Å²) in [6, 6.07) is 28.9. The Hall–Kier alpha value is -3.72. The van der Waals surface area contributed by atoms with E-state index in [-0.39, 0.29) is 31.6 Å². The Morgan fingerprint density at radius 1 is 0.833 bits per heavy atom. The maximum Gasteiger partial charge on any atom is 0.217 e. The summed E-state index contributed by atoms with van der Waals surface area (Å²) in [4.78, 5) is 9.21. The fraction of sp³-hybridized carbons (Fsp3) is 0.133. The van der Waals surface area contributed by atoms with E-state index >= 15 is 0 Å². The summed E-state index contributed by atoms with van der Waals surface area (Å²) in [5.41, 5.74) is 3.50. The second-order valence-corrected chi connectivity index (χ2v) is 9.66. The van der Waals surface area contributed by atoms with Gasteiger partial charge < -0.3 is 14.4 Å². The predicted molar refractivity (Wildman–Crippen MR) is 140 cm³/mol. The van der Waals surface area contributed by atoms with E-state index in [0.717, 1.165) is 38.6 Å².